The zero-order valence-electron chi connectivity index (χ0n) is 13.4. The molecule has 126 valence electrons. The molecule has 8 heteroatoms. The summed E-state index contributed by atoms with van der Waals surface area (Å²) in [5.41, 5.74) is 2.14. The van der Waals surface area contributed by atoms with Gasteiger partial charge >= 0.3 is 5.97 Å². The molecule has 3 rings (SSSR count). The standard InChI is InChI=1S/C17H15N5O3/c1-2-25-17(24)12-6-8-14(9-7-12)19-16(23)13-4-3-5-15(10-13)22-11-18-20-21-22/h3-11H,2H2,1H3,(H,19,23). The highest BCUT2D eigenvalue weighted by Crippen LogP contribution is 2.14. The number of rotatable bonds is 5. The van der Waals surface area contributed by atoms with Crippen LogP contribution >= 0.6 is 0 Å². The molecule has 3 aromatic rings. The van der Waals surface area contributed by atoms with E-state index in [1.54, 1.807) is 55.5 Å². The lowest BCUT2D eigenvalue weighted by Crippen LogP contribution is -2.13. The number of anilines is 1. The molecule has 1 aromatic heterocycles. The summed E-state index contributed by atoms with van der Waals surface area (Å²) in [6, 6.07) is 13.4. The smallest absolute Gasteiger partial charge is 0.338 e. The summed E-state index contributed by atoms with van der Waals surface area (Å²) in [7, 11) is 0. The van der Waals surface area contributed by atoms with Gasteiger partial charge in [-0.05, 0) is 59.8 Å². The zero-order chi connectivity index (χ0) is 17.6. The Kier molecular flexibility index (Phi) is 4.79. The second kappa shape index (κ2) is 7.35. The Morgan fingerprint density at radius 1 is 1.12 bits per heavy atom. The van der Waals surface area contributed by atoms with Crippen LogP contribution in [0.2, 0.25) is 0 Å². The van der Waals surface area contributed by atoms with Crippen LogP contribution in [0.15, 0.2) is 54.9 Å². The van der Waals surface area contributed by atoms with E-state index in [4.69, 9.17) is 4.74 Å². The SMILES string of the molecule is CCOC(=O)c1ccc(NC(=O)c2cccc(-n3cnnn3)c2)cc1. The summed E-state index contributed by atoms with van der Waals surface area (Å²) in [6.45, 7) is 2.06. The maximum atomic E-state index is 12.4. The minimum Gasteiger partial charge on any atom is -0.462 e. The molecule has 0 unspecified atom stereocenters. The van der Waals surface area contributed by atoms with Crippen molar-refractivity contribution in [3.63, 3.8) is 0 Å². The van der Waals surface area contributed by atoms with E-state index in [2.05, 4.69) is 20.8 Å². The third-order valence-electron chi connectivity index (χ3n) is 3.38. The fraction of sp³-hybridized carbons (Fsp3) is 0.118. The maximum absolute atomic E-state index is 12.4. The molecule has 8 nitrogen and oxygen atoms in total. The first-order valence-electron chi connectivity index (χ1n) is 7.59. The van der Waals surface area contributed by atoms with Gasteiger partial charge < -0.3 is 10.1 Å². The fourth-order valence-electron chi connectivity index (χ4n) is 2.18. The number of benzene rings is 2. The van der Waals surface area contributed by atoms with Crippen LogP contribution in [-0.4, -0.2) is 38.7 Å². The third-order valence-corrected chi connectivity index (χ3v) is 3.38. The Bertz CT molecular complexity index is 876. The number of aromatic nitrogens is 4. The second-order valence-electron chi connectivity index (χ2n) is 5.06. The molecule has 0 radical (unpaired) electrons. The molecule has 0 atom stereocenters. The van der Waals surface area contributed by atoms with Gasteiger partial charge in [0.25, 0.3) is 5.91 Å². The van der Waals surface area contributed by atoms with Crippen molar-refractivity contribution in [3.05, 3.63) is 66.0 Å². The molecule has 0 bridgehead atoms. The van der Waals surface area contributed by atoms with Gasteiger partial charge in [0, 0.05) is 11.3 Å². The molecule has 1 heterocycles. The third kappa shape index (κ3) is 3.86. The van der Waals surface area contributed by atoms with E-state index in [1.807, 2.05) is 0 Å². The number of hydrogen-bond donors (Lipinski definition) is 1. The Labute approximate surface area is 143 Å². The van der Waals surface area contributed by atoms with Crippen molar-refractivity contribution in [1.82, 2.24) is 20.2 Å². The quantitative estimate of drug-likeness (QED) is 0.716. The number of tetrazole rings is 1. The molecule has 0 saturated carbocycles. The van der Waals surface area contributed by atoms with Crippen molar-refractivity contribution >= 4 is 17.6 Å². The molecule has 1 N–H and O–H groups in total. The predicted molar refractivity (Wildman–Crippen MR) is 89.5 cm³/mol. The molecule has 0 saturated heterocycles. The Morgan fingerprint density at radius 2 is 1.92 bits per heavy atom. The number of nitrogens with one attached hydrogen (secondary N) is 1. The first kappa shape index (κ1) is 16.3. The van der Waals surface area contributed by atoms with Crippen LogP contribution in [0.3, 0.4) is 0 Å². The summed E-state index contributed by atoms with van der Waals surface area (Å²) >= 11 is 0. The van der Waals surface area contributed by atoms with E-state index in [-0.39, 0.29) is 5.91 Å². The second-order valence-corrected chi connectivity index (χ2v) is 5.06. The monoisotopic (exact) mass is 337 g/mol. The summed E-state index contributed by atoms with van der Waals surface area (Å²) in [5, 5.41) is 13.7. The summed E-state index contributed by atoms with van der Waals surface area (Å²) in [5.74, 6) is -0.673. The number of hydrogen-bond acceptors (Lipinski definition) is 6. The highest BCUT2D eigenvalue weighted by Gasteiger charge is 2.10. The zero-order valence-corrected chi connectivity index (χ0v) is 13.4. The van der Waals surface area contributed by atoms with Gasteiger partial charge in [-0.2, -0.15) is 0 Å². The van der Waals surface area contributed by atoms with Gasteiger partial charge in [-0.15, -0.1) is 5.10 Å². The number of esters is 1. The molecule has 0 aliphatic rings. The van der Waals surface area contributed by atoms with Crippen LogP contribution in [0.4, 0.5) is 5.69 Å². The van der Waals surface area contributed by atoms with E-state index >= 15 is 0 Å². The number of carbonyl (C=O) groups excluding carboxylic acids is 2. The Balaban J connectivity index is 1.72. The van der Waals surface area contributed by atoms with Gasteiger partial charge in [-0.25, -0.2) is 9.48 Å². The molecule has 0 aliphatic carbocycles. The van der Waals surface area contributed by atoms with E-state index in [1.165, 1.54) is 11.0 Å². The van der Waals surface area contributed by atoms with Crippen LogP contribution in [0.25, 0.3) is 5.69 Å². The first-order chi connectivity index (χ1) is 12.2. The van der Waals surface area contributed by atoms with Gasteiger partial charge in [0.1, 0.15) is 6.33 Å². The molecule has 1 amide bonds. The van der Waals surface area contributed by atoms with Gasteiger partial charge in [0.05, 0.1) is 17.9 Å². The normalized spacial score (nSPS) is 10.3. The van der Waals surface area contributed by atoms with Crippen LogP contribution in [0, 0.1) is 0 Å². The first-order valence-corrected chi connectivity index (χ1v) is 7.59. The lowest BCUT2D eigenvalue weighted by molar-refractivity contribution is 0.0526. The summed E-state index contributed by atoms with van der Waals surface area (Å²) in [6.07, 6.45) is 1.45. The number of ether oxygens (including phenoxy) is 1. The largest absolute Gasteiger partial charge is 0.462 e. The van der Waals surface area contributed by atoms with E-state index in [0.717, 1.165) is 0 Å². The fourth-order valence-corrected chi connectivity index (χ4v) is 2.18. The Hall–Kier alpha value is -3.55. The molecule has 25 heavy (non-hydrogen) atoms. The number of amides is 1. The topological polar surface area (TPSA) is 99.0 Å². The number of nitrogens with zero attached hydrogens (tertiary/aromatic N) is 4. The van der Waals surface area contributed by atoms with Crippen LogP contribution in [0.5, 0.6) is 0 Å². The molecular formula is C17H15N5O3. The van der Waals surface area contributed by atoms with Crippen molar-refractivity contribution in [3.8, 4) is 5.69 Å². The minimum atomic E-state index is -0.394. The molecule has 2 aromatic carbocycles. The molecule has 0 spiro atoms. The Morgan fingerprint density at radius 3 is 2.60 bits per heavy atom. The average molecular weight is 337 g/mol. The lowest BCUT2D eigenvalue weighted by Gasteiger charge is -2.08. The molecular weight excluding hydrogens is 322 g/mol. The van der Waals surface area contributed by atoms with Crippen molar-refractivity contribution in [1.29, 1.82) is 0 Å². The van der Waals surface area contributed by atoms with Crippen molar-refractivity contribution in [2.75, 3.05) is 11.9 Å². The summed E-state index contributed by atoms with van der Waals surface area (Å²) in [4.78, 5) is 24.0. The van der Waals surface area contributed by atoms with Gasteiger partial charge in [-0.3, -0.25) is 4.79 Å². The van der Waals surface area contributed by atoms with Crippen LogP contribution < -0.4 is 5.32 Å². The van der Waals surface area contributed by atoms with Gasteiger partial charge in [-0.1, -0.05) is 6.07 Å². The molecule has 0 fully saturated rings. The van der Waals surface area contributed by atoms with E-state index in [9.17, 15) is 9.59 Å². The van der Waals surface area contributed by atoms with Gasteiger partial charge in [0.15, 0.2) is 0 Å². The average Bonchev–Trinajstić information content (AvgIpc) is 3.17. The van der Waals surface area contributed by atoms with Gasteiger partial charge in [0.2, 0.25) is 0 Å². The lowest BCUT2D eigenvalue weighted by atomic mass is 10.1. The van der Waals surface area contributed by atoms with Crippen LogP contribution in [0.1, 0.15) is 27.6 Å². The van der Waals surface area contributed by atoms with E-state index < -0.39 is 5.97 Å². The summed E-state index contributed by atoms with van der Waals surface area (Å²) < 4.78 is 6.39. The maximum Gasteiger partial charge on any atom is 0.338 e. The molecule has 0 aliphatic heterocycles. The van der Waals surface area contributed by atoms with Crippen LogP contribution in [-0.2, 0) is 4.74 Å². The van der Waals surface area contributed by atoms with E-state index in [0.29, 0.717) is 29.1 Å². The highest BCUT2D eigenvalue weighted by molar-refractivity contribution is 6.04. The number of carbonyl (C=O) groups is 2. The predicted octanol–water partition coefficient (Wildman–Crippen LogP) is 2.09. The van der Waals surface area contributed by atoms with Crippen molar-refractivity contribution < 1.29 is 14.3 Å². The van der Waals surface area contributed by atoms with Crippen molar-refractivity contribution in [2.24, 2.45) is 0 Å². The van der Waals surface area contributed by atoms with Crippen molar-refractivity contribution in [2.45, 2.75) is 6.92 Å². The highest BCUT2D eigenvalue weighted by atomic mass is 16.5. The minimum absolute atomic E-state index is 0.279.